The molecule has 0 radical (unpaired) electrons. The number of phenolic OH excluding ortho intramolecular Hbond substituents is 2. The summed E-state index contributed by atoms with van der Waals surface area (Å²) in [6.45, 7) is 3.89. The van der Waals surface area contributed by atoms with Gasteiger partial charge in [0.1, 0.15) is 22.7 Å². The molecular weight excluding hydrogens is 276 g/mol. The molecule has 1 aliphatic heterocycles. The van der Waals surface area contributed by atoms with Gasteiger partial charge in [0.25, 0.3) is 5.91 Å². The van der Waals surface area contributed by atoms with E-state index in [9.17, 15) is 15.0 Å². The van der Waals surface area contributed by atoms with Crippen LogP contribution < -0.4 is 10.6 Å². The molecule has 0 spiro atoms. The van der Waals surface area contributed by atoms with Crippen molar-refractivity contribution < 1.29 is 15.0 Å². The van der Waals surface area contributed by atoms with Crippen LogP contribution >= 0.6 is 11.3 Å². The molecule has 2 aromatic rings. The molecule has 1 unspecified atom stereocenters. The van der Waals surface area contributed by atoms with Crippen LogP contribution in [0.3, 0.4) is 0 Å². The molecule has 5 nitrogen and oxygen atoms in total. The van der Waals surface area contributed by atoms with E-state index in [0.717, 1.165) is 15.4 Å². The van der Waals surface area contributed by atoms with Gasteiger partial charge in [0.2, 0.25) is 0 Å². The third-order valence-corrected chi connectivity index (χ3v) is 4.63. The van der Waals surface area contributed by atoms with E-state index >= 15 is 0 Å². The summed E-state index contributed by atoms with van der Waals surface area (Å²) >= 11 is 1.53. The molecule has 104 valence electrons. The van der Waals surface area contributed by atoms with Crippen LogP contribution in [0.15, 0.2) is 18.2 Å². The van der Waals surface area contributed by atoms with E-state index in [2.05, 4.69) is 10.6 Å². The standard InChI is InChI=1S/C14H14N2O3S/c1-6-7(2)20-14-11(6)13(19)15-12(16-14)9-4-3-8(17)5-10(9)18/h3-5,12,16-18H,1-2H3,(H,15,19). The Morgan fingerprint density at radius 2 is 1.95 bits per heavy atom. The van der Waals surface area contributed by atoms with Crippen molar-refractivity contribution in [2.45, 2.75) is 20.0 Å². The van der Waals surface area contributed by atoms with Crippen molar-refractivity contribution in [2.24, 2.45) is 0 Å². The predicted octanol–water partition coefficient (Wildman–Crippen LogP) is 2.63. The lowest BCUT2D eigenvalue weighted by Crippen LogP contribution is -2.38. The monoisotopic (exact) mass is 290 g/mol. The molecule has 6 heteroatoms. The Labute approximate surface area is 119 Å². The van der Waals surface area contributed by atoms with Crippen molar-refractivity contribution in [2.75, 3.05) is 5.32 Å². The second kappa shape index (κ2) is 4.42. The number of anilines is 1. The Kier molecular flexibility index (Phi) is 2.83. The van der Waals surface area contributed by atoms with E-state index in [1.807, 2.05) is 13.8 Å². The molecule has 0 bridgehead atoms. The number of carbonyl (C=O) groups is 1. The molecule has 0 saturated heterocycles. The molecule has 1 amide bonds. The van der Waals surface area contributed by atoms with Gasteiger partial charge < -0.3 is 20.8 Å². The summed E-state index contributed by atoms with van der Waals surface area (Å²) in [7, 11) is 0. The molecular formula is C14H14N2O3S. The highest BCUT2D eigenvalue weighted by atomic mass is 32.1. The van der Waals surface area contributed by atoms with Gasteiger partial charge in [-0.15, -0.1) is 11.3 Å². The summed E-state index contributed by atoms with van der Waals surface area (Å²) in [6, 6.07) is 4.31. The number of aromatic hydroxyl groups is 2. The van der Waals surface area contributed by atoms with Crippen molar-refractivity contribution in [1.29, 1.82) is 0 Å². The topological polar surface area (TPSA) is 81.6 Å². The number of fused-ring (bicyclic) bond motifs is 1. The maximum Gasteiger partial charge on any atom is 0.256 e. The number of carbonyl (C=O) groups excluding carboxylic acids is 1. The molecule has 0 saturated carbocycles. The number of thiophene rings is 1. The van der Waals surface area contributed by atoms with Gasteiger partial charge in [-0.25, -0.2) is 0 Å². The lowest BCUT2D eigenvalue weighted by Gasteiger charge is -2.26. The lowest BCUT2D eigenvalue weighted by atomic mass is 10.1. The molecule has 20 heavy (non-hydrogen) atoms. The maximum absolute atomic E-state index is 12.2. The summed E-state index contributed by atoms with van der Waals surface area (Å²) in [4.78, 5) is 13.3. The minimum Gasteiger partial charge on any atom is -0.508 e. The zero-order chi connectivity index (χ0) is 14.4. The molecule has 0 aliphatic carbocycles. The first kappa shape index (κ1) is 12.8. The molecule has 1 atom stereocenters. The van der Waals surface area contributed by atoms with Crippen LogP contribution in [0.25, 0.3) is 0 Å². The van der Waals surface area contributed by atoms with Crippen molar-refractivity contribution in [3.05, 3.63) is 39.8 Å². The van der Waals surface area contributed by atoms with Crippen LogP contribution in [0, 0.1) is 13.8 Å². The Bertz CT molecular complexity index is 709. The van der Waals surface area contributed by atoms with Crippen LogP contribution in [0.1, 0.15) is 32.5 Å². The summed E-state index contributed by atoms with van der Waals surface area (Å²) in [6.07, 6.45) is -0.506. The second-order valence-corrected chi connectivity index (χ2v) is 6.01. The summed E-state index contributed by atoms with van der Waals surface area (Å²) in [5, 5.41) is 26.0. The SMILES string of the molecule is Cc1sc2c(c1C)C(=O)NC(c1ccc(O)cc1O)N2. The van der Waals surface area contributed by atoms with E-state index in [-0.39, 0.29) is 17.4 Å². The normalized spacial score (nSPS) is 17.3. The minimum absolute atomic E-state index is 0.0168. The van der Waals surface area contributed by atoms with Crippen LogP contribution in [-0.4, -0.2) is 16.1 Å². The molecule has 4 N–H and O–H groups in total. The summed E-state index contributed by atoms with van der Waals surface area (Å²) in [5.41, 5.74) is 2.16. The average Bonchev–Trinajstić information content (AvgIpc) is 2.65. The van der Waals surface area contributed by atoms with Gasteiger partial charge in [-0.3, -0.25) is 4.79 Å². The Morgan fingerprint density at radius 1 is 1.20 bits per heavy atom. The van der Waals surface area contributed by atoms with Crippen molar-refractivity contribution in [3.8, 4) is 11.5 Å². The first-order valence-electron chi connectivity index (χ1n) is 6.16. The number of amides is 1. The van der Waals surface area contributed by atoms with Gasteiger partial charge in [0.15, 0.2) is 0 Å². The quantitative estimate of drug-likeness (QED) is 0.651. The van der Waals surface area contributed by atoms with Crippen LogP contribution in [0.2, 0.25) is 0 Å². The van der Waals surface area contributed by atoms with Crippen molar-refractivity contribution >= 4 is 22.2 Å². The largest absolute Gasteiger partial charge is 0.508 e. The fourth-order valence-corrected chi connectivity index (χ4v) is 3.39. The highest BCUT2D eigenvalue weighted by Crippen LogP contribution is 2.39. The average molecular weight is 290 g/mol. The number of hydrogen-bond donors (Lipinski definition) is 4. The number of phenols is 2. The van der Waals surface area contributed by atoms with E-state index in [1.54, 1.807) is 6.07 Å². The first-order valence-corrected chi connectivity index (χ1v) is 6.98. The molecule has 2 heterocycles. The number of nitrogens with one attached hydrogen (secondary N) is 2. The summed E-state index contributed by atoms with van der Waals surface area (Å²) < 4.78 is 0. The van der Waals surface area contributed by atoms with E-state index < -0.39 is 6.17 Å². The van der Waals surface area contributed by atoms with Crippen molar-refractivity contribution in [3.63, 3.8) is 0 Å². The van der Waals surface area contributed by atoms with Crippen molar-refractivity contribution in [1.82, 2.24) is 5.32 Å². The minimum atomic E-state index is -0.506. The first-order chi connectivity index (χ1) is 9.47. The zero-order valence-electron chi connectivity index (χ0n) is 11.0. The predicted molar refractivity (Wildman–Crippen MR) is 77.4 cm³/mol. The fourth-order valence-electron chi connectivity index (χ4n) is 2.30. The van der Waals surface area contributed by atoms with Crippen LogP contribution in [0.4, 0.5) is 5.00 Å². The van der Waals surface area contributed by atoms with Crippen LogP contribution in [0.5, 0.6) is 11.5 Å². The highest BCUT2D eigenvalue weighted by molar-refractivity contribution is 7.16. The molecule has 3 rings (SSSR count). The van der Waals surface area contributed by atoms with Gasteiger partial charge in [-0.2, -0.15) is 0 Å². The smallest absolute Gasteiger partial charge is 0.256 e. The van der Waals surface area contributed by atoms with Gasteiger partial charge in [-0.1, -0.05) is 0 Å². The van der Waals surface area contributed by atoms with E-state index in [4.69, 9.17) is 0 Å². The second-order valence-electron chi connectivity index (χ2n) is 4.78. The Balaban J connectivity index is 2.01. The highest BCUT2D eigenvalue weighted by Gasteiger charge is 2.30. The molecule has 1 aliphatic rings. The Hall–Kier alpha value is -2.21. The Morgan fingerprint density at radius 3 is 2.65 bits per heavy atom. The lowest BCUT2D eigenvalue weighted by molar-refractivity contribution is 0.0935. The number of rotatable bonds is 1. The van der Waals surface area contributed by atoms with E-state index in [0.29, 0.717) is 11.1 Å². The van der Waals surface area contributed by atoms with Gasteiger partial charge in [0, 0.05) is 16.5 Å². The van der Waals surface area contributed by atoms with Gasteiger partial charge in [-0.05, 0) is 31.5 Å². The van der Waals surface area contributed by atoms with Crippen LogP contribution in [-0.2, 0) is 0 Å². The maximum atomic E-state index is 12.2. The molecule has 1 aromatic carbocycles. The third kappa shape index (κ3) is 1.89. The zero-order valence-corrected chi connectivity index (χ0v) is 11.8. The fraction of sp³-hybridized carbons (Fsp3) is 0.214. The third-order valence-electron chi connectivity index (χ3n) is 3.49. The molecule has 0 fully saturated rings. The summed E-state index contributed by atoms with van der Waals surface area (Å²) in [5.74, 6) is -0.230. The van der Waals surface area contributed by atoms with E-state index in [1.165, 1.54) is 23.5 Å². The number of hydrogen-bond acceptors (Lipinski definition) is 5. The number of aryl methyl sites for hydroxylation is 1. The van der Waals surface area contributed by atoms with Gasteiger partial charge in [0.05, 0.1) is 5.56 Å². The molecule has 1 aromatic heterocycles. The number of benzene rings is 1. The van der Waals surface area contributed by atoms with Gasteiger partial charge >= 0.3 is 0 Å².